The van der Waals surface area contributed by atoms with Crippen molar-refractivity contribution in [2.45, 2.75) is 20.3 Å². The van der Waals surface area contributed by atoms with Crippen LogP contribution in [0.4, 0.5) is 0 Å². The molecule has 2 aromatic rings. The van der Waals surface area contributed by atoms with Gasteiger partial charge < -0.3 is 9.52 Å². The van der Waals surface area contributed by atoms with Crippen LogP contribution in [0.1, 0.15) is 17.0 Å². The van der Waals surface area contributed by atoms with Crippen LogP contribution in [-0.4, -0.2) is 16.7 Å². The van der Waals surface area contributed by atoms with Gasteiger partial charge in [0.25, 0.3) is 0 Å². The van der Waals surface area contributed by atoms with Crippen LogP contribution in [-0.2, 0) is 6.42 Å². The van der Waals surface area contributed by atoms with Crippen LogP contribution < -0.4 is 0 Å². The van der Waals surface area contributed by atoms with Crippen LogP contribution in [0.5, 0.6) is 0 Å². The lowest BCUT2D eigenvalue weighted by Crippen LogP contribution is -1.89. The normalized spacial score (nSPS) is 11.1. The standard InChI is InChI=1S/C11H13NO2/c1-7-5-8(2)11-9(6-7)12-10(14-11)3-4-13/h5-6,13H,3-4H2,1-2H3. The smallest absolute Gasteiger partial charge is 0.197 e. The molecule has 0 aliphatic heterocycles. The molecule has 0 spiro atoms. The minimum atomic E-state index is 0.0743. The average molecular weight is 191 g/mol. The zero-order valence-electron chi connectivity index (χ0n) is 8.37. The van der Waals surface area contributed by atoms with Crippen LogP contribution in [0.2, 0.25) is 0 Å². The number of oxazole rings is 1. The molecule has 0 aliphatic rings. The van der Waals surface area contributed by atoms with Gasteiger partial charge in [0, 0.05) is 6.42 Å². The Hall–Kier alpha value is -1.35. The fourth-order valence-electron chi connectivity index (χ4n) is 1.63. The second-order valence-electron chi connectivity index (χ2n) is 3.51. The molecule has 0 bridgehead atoms. The van der Waals surface area contributed by atoms with Crippen molar-refractivity contribution in [3.63, 3.8) is 0 Å². The van der Waals surface area contributed by atoms with Crippen LogP contribution in [0.15, 0.2) is 16.5 Å². The van der Waals surface area contributed by atoms with Gasteiger partial charge in [-0.05, 0) is 31.0 Å². The first-order chi connectivity index (χ1) is 6.70. The monoisotopic (exact) mass is 191 g/mol. The Balaban J connectivity index is 2.58. The summed E-state index contributed by atoms with van der Waals surface area (Å²) in [4.78, 5) is 4.30. The molecule has 14 heavy (non-hydrogen) atoms. The quantitative estimate of drug-likeness (QED) is 0.789. The Morgan fingerprint density at radius 3 is 2.86 bits per heavy atom. The zero-order valence-corrected chi connectivity index (χ0v) is 8.37. The maximum absolute atomic E-state index is 8.77. The van der Waals surface area contributed by atoms with Crippen molar-refractivity contribution in [1.29, 1.82) is 0 Å². The van der Waals surface area contributed by atoms with Crippen molar-refractivity contribution in [3.05, 3.63) is 29.2 Å². The fourth-order valence-corrected chi connectivity index (χ4v) is 1.63. The lowest BCUT2D eigenvalue weighted by Gasteiger charge is -1.94. The lowest BCUT2D eigenvalue weighted by molar-refractivity contribution is 0.287. The van der Waals surface area contributed by atoms with E-state index in [-0.39, 0.29) is 6.61 Å². The van der Waals surface area contributed by atoms with Crippen molar-refractivity contribution in [2.75, 3.05) is 6.61 Å². The van der Waals surface area contributed by atoms with E-state index in [9.17, 15) is 0 Å². The third-order valence-corrected chi connectivity index (χ3v) is 2.19. The summed E-state index contributed by atoms with van der Waals surface area (Å²) < 4.78 is 5.52. The molecule has 0 aliphatic carbocycles. The predicted octanol–water partition coefficient (Wildman–Crippen LogP) is 1.98. The largest absolute Gasteiger partial charge is 0.440 e. The highest BCUT2D eigenvalue weighted by molar-refractivity contribution is 5.77. The molecular weight excluding hydrogens is 178 g/mol. The van der Waals surface area contributed by atoms with Crippen LogP contribution in [0.3, 0.4) is 0 Å². The van der Waals surface area contributed by atoms with E-state index in [4.69, 9.17) is 9.52 Å². The molecule has 0 radical (unpaired) electrons. The molecule has 3 heteroatoms. The molecule has 1 aromatic heterocycles. The van der Waals surface area contributed by atoms with Crippen LogP contribution in [0.25, 0.3) is 11.1 Å². The van der Waals surface area contributed by atoms with Gasteiger partial charge in [0.2, 0.25) is 0 Å². The Morgan fingerprint density at radius 2 is 2.14 bits per heavy atom. The van der Waals surface area contributed by atoms with Gasteiger partial charge in [0.1, 0.15) is 5.52 Å². The highest BCUT2D eigenvalue weighted by Crippen LogP contribution is 2.21. The molecule has 0 fully saturated rings. The minimum absolute atomic E-state index is 0.0743. The predicted molar refractivity (Wildman–Crippen MR) is 54.3 cm³/mol. The molecule has 0 atom stereocenters. The molecule has 1 heterocycles. The number of fused-ring (bicyclic) bond motifs is 1. The number of nitrogens with zero attached hydrogens (tertiary/aromatic N) is 1. The topological polar surface area (TPSA) is 46.3 Å². The first kappa shape index (κ1) is 9.21. The van der Waals surface area contributed by atoms with E-state index in [1.165, 1.54) is 5.56 Å². The van der Waals surface area contributed by atoms with E-state index in [1.807, 2.05) is 19.9 Å². The number of hydrogen-bond donors (Lipinski definition) is 1. The Morgan fingerprint density at radius 1 is 1.36 bits per heavy atom. The molecule has 0 saturated heterocycles. The van der Waals surface area contributed by atoms with Gasteiger partial charge in [-0.1, -0.05) is 6.07 Å². The maximum atomic E-state index is 8.77. The summed E-state index contributed by atoms with van der Waals surface area (Å²) in [5.41, 5.74) is 3.99. The summed E-state index contributed by atoms with van der Waals surface area (Å²) in [6, 6.07) is 4.06. The first-order valence-electron chi connectivity index (χ1n) is 4.68. The van der Waals surface area contributed by atoms with Crippen molar-refractivity contribution >= 4 is 11.1 Å². The number of rotatable bonds is 2. The van der Waals surface area contributed by atoms with Gasteiger partial charge in [-0.3, -0.25) is 0 Å². The van der Waals surface area contributed by atoms with Crippen molar-refractivity contribution in [2.24, 2.45) is 0 Å². The van der Waals surface area contributed by atoms with Gasteiger partial charge in [-0.2, -0.15) is 0 Å². The summed E-state index contributed by atoms with van der Waals surface area (Å²) in [7, 11) is 0. The van der Waals surface area contributed by atoms with Crippen molar-refractivity contribution < 1.29 is 9.52 Å². The molecule has 2 rings (SSSR count). The van der Waals surface area contributed by atoms with Crippen molar-refractivity contribution in [1.82, 2.24) is 4.98 Å². The fraction of sp³-hybridized carbons (Fsp3) is 0.364. The number of aromatic nitrogens is 1. The third-order valence-electron chi connectivity index (χ3n) is 2.19. The molecule has 1 N–H and O–H groups in total. The number of benzene rings is 1. The zero-order chi connectivity index (χ0) is 10.1. The van der Waals surface area contributed by atoms with Crippen molar-refractivity contribution in [3.8, 4) is 0 Å². The van der Waals surface area contributed by atoms with E-state index in [0.717, 1.165) is 16.7 Å². The lowest BCUT2D eigenvalue weighted by atomic mass is 10.1. The summed E-state index contributed by atoms with van der Waals surface area (Å²) in [6.45, 7) is 4.11. The summed E-state index contributed by atoms with van der Waals surface area (Å²) in [5.74, 6) is 0.608. The first-order valence-corrected chi connectivity index (χ1v) is 4.68. The van der Waals surface area contributed by atoms with E-state index >= 15 is 0 Å². The minimum Gasteiger partial charge on any atom is -0.440 e. The molecular formula is C11H13NO2. The van der Waals surface area contributed by atoms with Gasteiger partial charge in [0.05, 0.1) is 6.61 Å². The van der Waals surface area contributed by atoms with E-state index in [2.05, 4.69) is 11.1 Å². The summed E-state index contributed by atoms with van der Waals surface area (Å²) >= 11 is 0. The SMILES string of the molecule is Cc1cc(C)c2oc(CCO)nc2c1. The summed E-state index contributed by atoms with van der Waals surface area (Å²) in [6.07, 6.45) is 0.479. The number of aryl methyl sites for hydroxylation is 2. The Bertz CT molecular complexity index is 460. The van der Waals surface area contributed by atoms with Gasteiger partial charge in [-0.15, -0.1) is 0 Å². The number of hydrogen-bond acceptors (Lipinski definition) is 3. The average Bonchev–Trinajstić information content (AvgIpc) is 2.48. The van der Waals surface area contributed by atoms with Crippen LogP contribution in [0, 0.1) is 13.8 Å². The molecule has 0 unspecified atom stereocenters. The van der Waals surface area contributed by atoms with Gasteiger partial charge in [-0.25, -0.2) is 4.98 Å². The van der Waals surface area contributed by atoms with Gasteiger partial charge in [0.15, 0.2) is 11.5 Å². The summed E-state index contributed by atoms with van der Waals surface area (Å²) in [5, 5.41) is 8.77. The second kappa shape index (κ2) is 3.42. The molecule has 0 amide bonds. The molecule has 3 nitrogen and oxygen atoms in total. The molecule has 0 saturated carbocycles. The highest BCUT2D eigenvalue weighted by atomic mass is 16.3. The van der Waals surface area contributed by atoms with Crippen LogP contribution >= 0.6 is 0 Å². The number of aliphatic hydroxyl groups is 1. The van der Waals surface area contributed by atoms with E-state index in [1.54, 1.807) is 0 Å². The third kappa shape index (κ3) is 1.51. The Kier molecular flexibility index (Phi) is 2.25. The molecule has 1 aromatic carbocycles. The molecule has 74 valence electrons. The highest BCUT2D eigenvalue weighted by Gasteiger charge is 2.07. The second-order valence-corrected chi connectivity index (χ2v) is 3.51. The number of aliphatic hydroxyl groups excluding tert-OH is 1. The van der Waals surface area contributed by atoms with Gasteiger partial charge >= 0.3 is 0 Å². The van der Waals surface area contributed by atoms with E-state index < -0.39 is 0 Å². The Labute approximate surface area is 82.4 Å². The maximum Gasteiger partial charge on any atom is 0.197 e. The van der Waals surface area contributed by atoms with E-state index in [0.29, 0.717) is 12.3 Å².